The van der Waals surface area contributed by atoms with Crippen LogP contribution in [0, 0.1) is 25.2 Å². The number of benzene rings is 5. The van der Waals surface area contributed by atoms with E-state index < -0.39 is 34.9 Å². The van der Waals surface area contributed by atoms with Crippen molar-refractivity contribution < 1.29 is 43.1 Å². The van der Waals surface area contributed by atoms with Gasteiger partial charge in [0, 0.05) is 46.6 Å². The Labute approximate surface area is 388 Å². The van der Waals surface area contributed by atoms with E-state index in [9.17, 15) is 10.4 Å². The molecule has 0 aliphatic carbocycles. The summed E-state index contributed by atoms with van der Waals surface area (Å²) >= 11 is 1.64. The summed E-state index contributed by atoms with van der Waals surface area (Å²) in [6.45, 7) is 5.10. The van der Waals surface area contributed by atoms with Gasteiger partial charge in [-0.2, -0.15) is 5.26 Å². The van der Waals surface area contributed by atoms with E-state index in [1.54, 1.807) is 31.0 Å². The molecule has 14 heteroatoms. The van der Waals surface area contributed by atoms with E-state index >= 15 is 4.79 Å². The highest BCUT2D eigenvalue weighted by atomic mass is 32.2. The number of ether oxygens (including phenoxy) is 7. The van der Waals surface area contributed by atoms with Crippen molar-refractivity contribution in [2.75, 3.05) is 47.0 Å². The van der Waals surface area contributed by atoms with Crippen LogP contribution >= 0.6 is 11.8 Å². The predicted octanol–water partition coefficient (Wildman–Crippen LogP) is 7.51. The molecule has 0 saturated carbocycles. The molecule has 7 aliphatic heterocycles. The number of carbonyl (C=O) groups excluding carboxylic acids is 1. The first-order valence-corrected chi connectivity index (χ1v) is 23.5. The highest BCUT2D eigenvalue weighted by Crippen LogP contribution is 2.65. The van der Waals surface area contributed by atoms with Crippen molar-refractivity contribution in [3.05, 3.63) is 134 Å². The van der Waals surface area contributed by atoms with Crippen LogP contribution in [0.5, 0.6) is 40.2 Å². The summed E-state index contributed by atoms with van der Waals surface area (Å²) in [6, 6.07) is 26.4. The first kappa shape index (κ1) is 42.5. The first-order valence-electron chi connectivity index (χ1n) is 22.5. The number of nitrogens with zero attached hydrogens (tertiary/aromatic N) is 3. The first-order chi connectivity index (χ1) is 32.2. The Morgan fingerprint density at radius 1 is 0.879 bits per heavy atom. The molecule has 5 aromatic carbocycles. The minimum Gasteiger partial charge on any atom is -0.504 e. The Morgan fingerprint density at radius 3 is 2.29 bits per heavy atom. The predicted molar refractivity (Wildman–Crippen MR) is 247 cm³/mol. The molecule has 0 radical (unpaired) electrons. The van der Waals surface area contributed by atoms with Crippen LogP contribution in [-0.2, 0) is 41.1 Å². The number of aryl methyl sites for hydroxylation is 1. The third-order valence-electron chi connectivity index (χ3n) is 14.6. The Hall–Kier alpha value is -6.11. The molecule has 1 spiro atoms. The van der Waals surface area contributed by atoms with Crippen molar-refractivity contribution in [2.24, 2.45) is 0 Å². The molecule has 0 amide bonds. The minimum absolute atomic E-state index is 0.0128. The van der Waals surface area contributed by atoms with E-state index in [4.69, 9.17) is 33.2 Å². The maximum Gasteiger partial charge on any atom is 0.331 e. The largest absolute Gasteiger partial charge is 0.504 e. The normalized spacial score (nSPS) is 26.0. The maximum absolute atomic E-state index is 15.1. The Bertz CT molecular complexity index is 2790. The molecule has 12 rings (SSSR count). The van der Waals surface area contributed by atoms with Gasteiger partial charge in [0.1, 0.15) is 31.6 Å². The fourth-order valence-electron chi connectivity index (χ4n) is 11.7. The summed E-state index contributed by atoms with van der Waals surface area (Å²) in [4.78, 5) is 19.8. The van der Waals surface area contributed by atoms with Crippen LogP contribution < -0.4 is 33.7 Å². The second-order valence-corrected chi connectivity index (χ2v) is 19.2. The fraction of sp³-hybridized carbons (Fsp3) is 0.385. The van der Waals surface area contributed by atoms with Crippen molar-refractivity contribution in [1.82, 2.24) is 15.1 Å². The molecule has 0 aromatic heterocycles. The quantitative estimate of drug-likeness (QED) is 0.148. The molecule has 2 fully saturated rings. The molecular weight excluding hydrogens is 857 g/mol. The van der Waals surface area contributed by atoms with Crippen LogP contribution in [0.1, 0.15) is 73.0 Å². The zero-order valence-electron chi connectivity index (χ0n) is 37.6. The molecule has 2 N–H and O–H groups in total. The van der Waals surface area contributed by atoms with Gasteiger partial charge < -0.3 is 38.3 Å². The van der Waals surface area contributed by atoms with Crippen molar-refractivity contribution in [2.45, 2.75) is 80.9 Å². The summed E-state index contributed by atoms with van der Waals surface area (Å²) in [7, 11) is 5.32. The van der Waals surface area contributed by atoms with Gasteiger partial charge in [-0.05, 0) is 79.3 Å². The van der Waals surface area contributed by atoms with Gasteiger partial charge in [-0.3, -0.25) is 15.1 Å². The topological polar surface area (TPSA) is 144 Å². The van der Waals surface area contributed by atoms with Crippen molar-refractivity contribution in [1.29, 1.82) is 5.26 Å². The second-order valence-electron chi connectivity index (χ2n) is 18.0. The number of nitriles is 1. The molecule has 340 valence electrons. The number of likely N-dealkylation sites (N-methyl/N-ethyl adjacent to an activating group) is 1. The lowest BCUT2D eigenvalue weighted by Gasteiger charge is -2.62. The standard InChI is InChI=1S/C52H52N4O9S/c1-28-18-33-19-35-36(22-53)56-37-25-63-51(58)52(34-21-39(59-4)38(57)20-32(34)16-17-54-52)26-66-50(42-41(37)49-47(64-27-65-49)29(2)46(42)61-23-30-12-8-6-9-13-30)44(56)43(55(35)3)40(33)48(45(28)60-5)62-24-31-14-10-7-11-15-31/h6-15,18,20-21,35-37,43-44,50,54,57H,16-17,19,23-27H2,1-5H3/t35-,36+,37+,43-,44?,50-,52-/m1/s1. The zero-order chi connectivity index (χ0) is 45.4. The van der Waals surface area contributed by atoms with Gasteiger partial charge in [0.15, 0.2) is 40.0 Å². The van der Waals surface area contributed by atoms with Gasteiger partial charge in [-0.25, -0.2) is 4.79 Å². The number of carbonyl (C=O) groups is 1. The number of piperazine rings is 1. The monoisotopic (exact) mass is 908 g/mol. The molecule has 7 heterocycles. The average Bonchev–Trinajstić information content (AvgIpc) is 3.83. The molecule has 1 unspecified atom stereocenters. The Morgan fingerprint density at radius 2 is 1.59 bits per heavy atom. The number of fused-ring (bicyclic) bond motifs is 9. The van der Waals surface area contributed by atoms with E-state index in [1.807, 2.05) is 62.4 Å². The van der Waals surface area contributed by atoms with E-state index in [-0.39, 0.29) is 42.7 Å². The third-order valence-corrected chi connectivity index (χ3v) is 16.1. The Kier molecular flexibility index (Phi) is 10.7. The molecule has 7 atom stereocenters. The smallest absolute Gasteiger partial charge is 0.331 e. The highest BCUT2D eigenvalue weighted by Gasteiger charge is 2.62. The summed E-state index contributed by atoms with van der Waals surface area (Å²) < 4.78 is 45.3. The number of hydrogen-bond donors (Lipinski definition) is 2. The van der Waals surface area contributed by atoms with Crippen LogP contribution in [0.4, 0.5) is 0 Å². The van der Waals surface area contributed by atoms with E-state index in [0.717, 1.165) is 50.1 Å². The van der Waals surface area contributed by atoms with Crippen LogP contribution in [0.15, 0.2) is 78.9 Å². The van der Waals surface area contributed by atoms with Crippen LogP contribution in [-0.4, -0.2) is 86.0 Å². The second kappa shape index (κ2) is 16.6. The van der Waals surface area contributed by atoms with Gasteiger partial charge in [0.05, 0.1) is 37.6 Å². The number of phenolic OH excluding ortho intramolecular Hbond substituents is 1. The SMILES string of the molecule is COc1cc2c(cc1O)CCN[C@]21CS[C@@H]2c3c(OCc4ccccc4)c(C)c4c(c3[C@H](COC1=O)N1C2[C@H]2c3c(cc(C)c(OC)c3OCc3ccccc3)C[C@H]([C@@H]1C#N)N2C)OCO4. The number of phenols is 1. The van der Waals surface area contributed by atoms with E-state index in [1.165, 1.54) is 7.11 Å². The van der Waals surface area contributed by atoms with Gasteiger partial charge in [0.2, 0.25) is 6.79 Å². The average molecular weight is 909 g/mol. The number of aromatic hydroxyl groups is 1. The third kappa shape index (κ3) is 6.49. The number of nitrogens with one attached hydrogen (secondary N) is 1. The van der Waals surface area contributed by atoms with Gasteiger partial charge >= 0.3 is 5.97 Å². The van der Waals surface area contributed by atoms with E-state index in [0.29, 0.717) is 66.9 Å². The minimum atomic E-state index is -1.31. The van der Waals surface area contributed by atoms with E-state index in [2.05, 4.69) is 46.4 Å². The molecule has 7 aliphatic rings. The molecular formula is C52H52N4O9S. The van der Waals surface area contributed by atoms with Gasteiger partial charge in [-0.15, -0.1) is 11.8 Å². The van der Waals surface area contributed by atoms with Crippen molar-refractivity contribution >= 4 is 17.7 Å². The number of methoxy groups -OCH3 is 2. The number of hydrogen-bond acceptors (Lipinski definition) is 14. The molecule has 66 heavy (non-hydrogen) atoms. The van der Waals surface area contributed by atoms with Gasteiger partial charge in [-0.1, -0.05) is 66.7 Å². The lowest BCUT2D eigenvalue weighted by Crippen LogP contribution is -2.69. The van der Waals surface area contributed by atoms with Crippen molar-refractivity contribution in [3.8, 4) is 46.3 Å². The van der Waals surface area contributed by atoms with Crippen LogP contribution in [0.2, 0.25) is 0 Å². The molecule has 5 aromatic rings. The summed E-state index contributed by atoms with van der Waals surface area (Å²) in [5, 5.41) is 25.6. The molecule has 13 nitrogen and oxygen atoms in total. The fourth-order valence-corrected chi connectivity index (χ4v) is 13.4. The Balaban J connectivity index is 1.16. The number of thioether (sulfide) groups is 1. The number of esters is 1. The lowest BCUT2D eigenvalue weighted by molar-refractivity contribution is -0.157. The summed E-state index contributed by atoms with van der Waals surface area (Å²) in [5.74, 6) is 3.28. The van der Waals surface area contributed by atoms with Crippen LogP contribution in [0.25, 0.3) is 0 Å². The lowest BCUT2D eigenvalue weighted by atomic mass is 9.71. The summed E-state index contributed by atoms with van der Waals surface area (Å²) in [6.07, 6.45) is 1.18. The molecule has 2 saturated heterocycles. The van der Waals surface area contributed by atoms with Crippen molar-refractivity contribution in [3.63, 3.8) is 0 Å². The van der Waals surface area contributed by atoms with Gasteiger partial charge in [0.25, 0.3) is 0 Å². The molecule has 4 bridgehead atoms. The number of rotatable bonds is 8. The van der Waals surface area contributed by atoms with Crippen LogP contribution in [0.3, 0.4) is 0 Å². The highest BCUT2D eigenvalue weighted by molar-refractivity contribution is 7.99. The zero-order valence-corrected chi connectivity index (χ0v) is 38.4. The maximum atomic E-state index is 15.1. The summed E-state index contributed by atoms with van der Waals surface area (Å²) in [5.41, 5.74) is 7.89.